The van der Waals surface area contributed by atoms with E-state index in [2.05, 4.69) is 174 Å². The van der Waals surface area contributed by atoms with E-state index in [1.54, 1.807) is 0 Å². The van der Waals surface area contributed by atoms with Crippen LogP contribution in [0.1, 0.15) is 0 Å². The second kappa shape index (κ2) is 10.5. The van der Waals surface area contributed by atoms with Crippen molar-refractivity contribution >= 4 is 43.6 Å². The van der Waals surface area contributed by atoms with Gasteiger partial charge in [0, 0.05) is 49.4 Å². The number of rotatable bonds is 3. The predicted molar refractivity (Wildman–Crippen MR) is 201 cm³/mol. The fourth-order valence-corrected chi connectivity index (χ4v) is 7.68. The van der Waals surface area contributed by atoms with E-state index in [4.69, 9.17) is 4.98 Å². The second-order valence-electron chi connectivity index (χ2n) is 12.4. The molecule has 2 aliphatic rings. The number of nitrogens with zero attached hydrogens (tertiary/aromatic N) is 1. The summed E-state index contributed by atoms with van der Waals surface area (Å²) in [5, 5.41) is 4.66. The number of aromatic amines is 2. The third-order valence-electron chi connectivity index (χ3n) is 9.75. The highest BCUT2D eigenvalue weighted by Crippen LogP contribution is 2.49. The van der Waals surface area contributed by atoms with E-state index < -0.39 is 0 Å². The molecular weight excluding hydrogens is 583 g/mol. The van der Waals surface area contributed by atoms with Gasteiger partial charge in [0.1, 0.15) is 0 Å². The van der Waals surface area contributed by atoms with E-state index in [-0.39, 0.29) is 0 Å². The summed E-state index contributed by atoms with van der Waals surface area (Å²) in [6.07, 6.45) is 0. The topological polar surface area (TPSA) is 44.5 Å². The molecule has 224 valence electrons. The molecule has 0 spiro atoms. The van der Waals surface area contributed by atoms with Crippen LogP contribution in [0.25, 0.3) is 99.5 Å². The average Bonchev–Trinajstić information content (AvgIpc) is 3.84. The lowest BCUT2D eigenvalue weighted by Crippen LogP contribution is -1.87. The molecule has 0 amide bonds. The maximum atomic E-state index is 5.67. The Labute approximate surface area is 277 Å². The smallest absolute Gasteiger partial charge is 0.0816 e. The summed E-state index contributed by atoms with van der Waals surface area (Å²) in [5.74, 6) is 0. The van der Waals surface area contributed by atoms with Crippen LogP contribution in [0.15, 0.2) is 164 Å². The second-order valence-corrected chi connectivity index (χ2v) is 12.4. The Morgan fingerprint density at radius 2 is 0.583 bits per heavy atom. The van der Waals surface area contributed by atoms with Crippen LogP contribution in [0.2, 0.25) is 0 Å². The number of H-pyrrole nitrogens is 2. The molecule has 6 aromatic carbocycles. The summed E-state index contributed by atoms with van der Waals surface area (Å²) >= 11 is 0. The largest absolute Gasteiger partial charge is 0.353 e. The fourth-order valence-electron chi connectivity index (χ4n) is 7.68. The monoisotopic (exact) mass is 611 g/mol. The van der Waals surface area contributed by atoms with Crippen LogP contribution in [-0.4, -0.2) is 15.0 Å². The molecule has 8 aromatic rings. The Bertz CT molecular complexity index is 2590. The lowest BCUT2D eigenvalue weighted by atomic mass is 9.94. The molecule has 2 N–H and O–H groups in total. The number of nitrogens with one attached hydrogen (secondary N) is 2. The van der Waals surface area contributed by atoms with Crippen molar-refractivity contribution in [2.45, 2.75) is 0 Å². The van der Waals surface area contributed by atoms with Crippen molar-refractivity contribution in [3.8, 4) is 55.9 Å². The van der Waals surface area contributed by atoms with Gasteiger partial charge < -0.3 is 9.97 Å². The molecule has 1 aliphatic carbocycles. The van der Waals surface area contributed by atoms with Crippen molar-refractivity contribution < 1.29 is 0 Å². The third kappa shape index (κ3) is 3.91. The highest BCUT2D eigenvalue weighted by atomic mass is 14.8. The molecule has 0 atom stereocenters. The molecule has 10 rings (SSSR count). The van der Waals surface area contributed by atoms with Crippen LogP contribution < -0.4 is 0 Å². The Morgan fingerprint density at radius 1 is 0.292 bits per heavy atom. The first-order valence-corrected chi connectivity index (χ1v) is 16.4. The quantitative estimate of drug-likeness (QED) is 0.205. The number of hydrogen-bond acceptors (Lipinski definition) is 1. The minimum absolute atomic E-state index is 0.969. The predicted octanol–water partition coefficient (Wildman–Crippen LogP) is 12.1. The first-order chi connectivity index (χ1) is 23.8. The highest BCUT2D eigenvalue weighted by molar-refractivity contribution is 6.23. The SMILES string of the molecule is c1ccc(-c2c3nc(c(-c4ccccc4)c4[nH]c(c(-c5ccccc5)c5[nH]c2c2ccccc52)c2ccccc42)-c2ccccc2-3)cc1. The molecule has 0 unspecified atom stereocenters. The maximum absolute atomic E-state index is 5.67. The lowest BCUT2D eigenvalue weighted by Gasteiger charge is -2.08. The van der Waals surface area contributed by atoms with E-state index >= 15 is 0 Å². The van der Waals surface area contributed by atoms with Gasteiger partial charge in [-0.2, -0.15) is 0 Å². The van der Waals surface area contributed by atoms with Crippen molar-refractivity contribution in [1.82, 2.24) is 15.0 Å². The number of benzene rings is 6. The molecular formula is C45H29N3. The van der Waals surface area contributed by atoms with Crippen LogP contribution in [0.4, 0.5) is 0 Å². The summed E-state index contributed by atoms with van der Waals surface area (Å²) in [6, 6.07) is 58.4. The van der Waals surface area contributed by atoms with Gasteiger partial charge in [-0.15, -0.1) is 0 Å². The van der Waals surface area contributed by atoms with Gasteiger partial charge in [0.2, 0.25) is 0 Å². The first-order valence-electron chi connectivity index (χ1n) is 16.4. The average molecular weight is 612 g/mol. The zero-order chi connectivity index (χ0) is 31.6. The van der Waals surface area contributed by atoms with E-state index in [0.29, 0.717) is 0 Å². The summed E-state index contributed by atoms with van der Waals surface area (Å²) in [5.41, 5.74) is 15.2. The molecule has 0 fully saturated rings. The Balaban J connectivity index is 1.59. The highest BCUT2D eigenvalue weighted by Gasteiger charge is 2.27. The van der Waals surface area contributed by atoms with Crippen LogP contribution in [0.3, 0.4) is 0 Å². The molecule has 48 heavy (non-hydrogen) atoms. The molecule has 0 radical (unpaired) electrons. The van der Waals surface area contributed by atoms with Gasteiger partial charge in [-0.1, -0.05) is 164 Å². The van der Waals surface area contributed by atoms with Crippen LogP contribution in [-0.2, 0) is 0 Å². The Kier molecular flexibility index (Phi) is 5.87. The van der Waals surface area contributed by atoms with Crippen LogP contribution in [0.5, 0.6) is 0 Å². The molecule has 0 saturated carbocycles. The van der Waals surface area contributed by atoms with E-state index in [1.807, 2.05) is 0 Å². The van der Waals surface area contributed by atoms with Crippen molar-refractivity contribution in [1.29, 1.82) is 0 Å². The molecule has 0 saturated heterocycles. The van der Waals surface area contributed by atoms with Gasteiger partial charge in [0.15, 0.2) is 0 Å². The van der Waals surface area contributed by atoms with E-state index in [1.165, 1.54) is 10.8 Å². The standard InChI is InChI=1S/C45H29N3/c1-4-16-28(17-5-1)37-40-31-22-10-12-24-33(31)42(46-40)38(29-18-6-2-7-19-29)44-35-26-14-15-27-36(35)45(48-44)39(30-20-8-3-9-21-30)43-34-25-13-11-23-32(34)41(37)47-43/h1-27,46-47H. The van der Waals surface area contributed by atoms with Crippen LogP contribution >= 0.6 is 0 Å². The van der Waals surface area contributed by atoms with Gasteiger partial charge >= 0.3 is 0 Å². The van der Waals surface area contributed by atoms with Gasteiger partial charge in [-0.3, -0.25) is 0 Å². The number of aromatic nitrogens is 3. The lowest BCUT2D eigenvalue weighted by molar-refractivity contribution is 1.40. The van der Waals surface area contributed by atoms with E-state index in [0.717, 1.165) is 88.7 Å². The normalized spacial score (nSPS) is 11.8. The van der Waals surface area contributed by atoms with Gasteiger partial charge in [-0.25, -0.2) is 4.98 Å². The summed E-state index contributed by atoms with van der Waals surface area (Å²) in [4.78, 5) is 13.7. The first kappa shape index (κ1) is 26.7. The summed E-state index contributed by atoms with van der Waals surface area (Å²) in [7, 11) is 0. The van der Waals surface area contributed by atoms with Crippen molar-refractivity contribution in [2.75, 3.05) is 0 Å². The zero-order valence-corrected chi connectivity index (χ0v) is 26.0. The molecule has 3 heterocycles. The molecule has 3 nitrogen and oxygen atoms in total. The summed E-state index contributed by atoms with van der Waals surface area (Å²) in [6.45, 7) is 0. The maximum Gasteiger partial charge on any atom is 0.0816 e. The fraction of sp³-hybridized carbons (Fsp3) is 0. The minimum atomic E-state index is 0.969. The van der Waals surface area contributed by atoms with Gasteiger partial charge in [0.25, 0.3) is 0 Å². The molecule has 6 bridgehead atoms. The van der Waals surface area contributed by atoms with Crippen molar-refractivity contribution in [3.05, 3.63) is 164 Å². The van der Waals surface area contributed by atoms with Crippen molar-refractivity contribution in [3.63, 3.8) is 0 Å². The summed E-state index contributed by atoms with van der Waals surface area (Å²) < 4.78 is 0. The minimum Gasteiger partial charge on any atom is -0.353 e. The van der Waals surface area contributed by atoms with Gasteiger partial charge in [-0.05, 0) is 16.7 Å². The Hall–Kier alpha value is -6.45. The van der Waals surface area contributed by atoms with E-state index in [9.17, 15) is 0 Å². The van der Waals surface area contributed by atoms with Gasteiger partial charge in [0.05, 0.1) is 33.5 Å². The van der Waals surface area contributed by atoms with Crippen molar-refractivity contribution in [2.24, 2.45) is 0 Å². The molecule has 1 aliphatic heterocycles. The molecule has 2 aromatic heterocycles. The third-order valence-corrected chi connectivity index (χ3v) is 9.75. The zero-order valence-electron chi connectivity index (χ0n) is 26.0. The Morgan fingerprint density at radius 3 is 0.958 bits per heavy atom. The van der Waals surface area contributed by atoms with Crippen LogP contribution in [0, 0.1) is 0 Å². The molecule has 3 heteroatoms. The number of hydrogen-bond donors (Lipinski definition) is 2.